The lowest BCUT2D eigenvalue weighted by atomic mass is 9.73. The summed E-state index contributed by atoms with van der Waals surface area (Å²) in [4.78, 5) is 0. The Morgan fingerprint density at radius 3 is 2.78 bits per heavy atom. The second-order valence-electron chi connectivity index (χ2n) is 5.24. The largest absolute Gasteiger partial charge is 0.388 e. The van der Waals surface area contributed by atoms with Crippen molar-refractivity contribution in [2.45, 2.75) is 45.1 Å². The first kappa shape index (κ1) is 14.6. The number of halogens is 2. The van der Waals surface area contributed by atoms with Crippen molar-refractivity contribution < 1.29 is 5.11 Å². The van der Waals surface area contributed by atoms with Crippen LogP contribution in [-0.4, -0.2) is 5.11 Å². The zero-order valence-electron chi connectivity index (χ0n) is 10.7. The third-order valence-corrected chi connectivity index (χ3v) is 5.76. The highest BCUT2D eigenvalue weighted by Gasteiger charge is 2.30. The molecule has 2 rings (SSSR count). The molecule has 1 aromatic rings. The van der Waals surface area contributed by atoms with Crippen molar-refractivity contribution in [3.8, 4) is 0 Å². The fourth-order valence-corrected chi connectivity index (χ4v) is 3.63. The second-order valence-corrected chi connectivity index (χ2v) is 6.80. The summed E-state index contributed by atoms with van der Waals surface area (Å²) in [5, 5.41) is 11.3. The topological polar surface area (TPSA) is 20.2 Å². The van der Waals surface area contributed by atoms with Gasteiger partial charge in [0, 0.05) is 3.57 Å². The minimum absolute atomic E-state index is 0.357. The molecule has 3 heteroatoms. The van der Waals surface area contributed by atoms with E-state index in [-0.39, 0.29) is 6.10 Å². The highest BCUT2D eigenvalue weighted by Crippen LogP contribution is 2.40. The monoisotopic (exact) mass is 378 g/mol. The molecule has 1 N–H and O–H groups in total. The molecule has 1 nitrogen and oxygen atoms in total. The molecule has 0 aliphatic heterocycles. The second kappa shape index (κ2) is 6.58. The van der Waals surface area contributed by atoms with Crippen LogP contribution in [0.5, 0.6) is 0 Å². The maximum atomic E-state index is 10.6. The third kappa shape index (κ3) is 3.20. The maximum absolute atomic E-state index is 10.6. The lowest BCUT2D eigenvalue weighted by Crippen LogP contribution is -2.25. The molecular formula is C15H20ClIO. The molecule has 0 spiro atoms. The normalized spacial score (nSPS) is 26.0. The minimum atomic E-state index is -0.357. The van der Waals surface area contributed by atoms with E-state index < -0.39 is 0 Å². The molecule has 100 valence electrons. The lowest BCUT2D eigenvalue weighted by Gasteiger charge is -2.34. The van der Waals surface area contributed by atoms with E-state index >= 15 is 0 Å². The van der Waals surface area contributed by atoms with Gasteiger partial charge in [-0.25, -0.2) is 0 Å². The van der Waals surface area contributed by atoms with Crippen molar-refractivity contribution in [3.05, 3.63) is 32.4 Å². The van der Waals surface area contributed by atoms with E-state index in [2.05, 4.69) is 29.5 Å². The van der Waals surface area contributed by atoms with Gasteiger partial charge in [0.1, 0.15) is 0 Å². The van der Waals surface area contributed by atoms with Gasteiger partial charge in [-0.05, 0) is 58.5 Å². The number of rotatable bonds is 3. The number of hydrogen-bond acceptors (Lipinski definition) is 1. The fourth-order valence-electron chi connectivity index (χ4n) is 3.10. The molecule has 18 heavy (non-hydrogen) atoms. The van der Waals surface area contributed by atoms with E-state index in [9.17, 15) is 5.11 Å². The summed E-state index contributed by atoms with van der Waals surface area (Å²) >= 11 is 8.37. The van der Waals surface area contributed by atoms with Crippen LogP contribution in [0.15, 0.2) is 18.2 Å². The number of aliphatic hydroxyl groups is 1. The molecule has 1 aromatic carbocycles. The van der Waals surface area contributed by atoms with Gasteiger partial charge in [-0.2, -0.15) is 0 Å². The van der Waals surface area contributed by atoms with Crippen LogP contribution in [0.3, 0.4) is 0 Å². The molecule has 1 aliphatic carbocycles. The Balaban J connectivity index is 2.18. The lowest BCUT2D eigenvalue weighted by molar-refractivity contribution is 0.0452. The zero-order valence-corrected chi connectivity index (χ0v) is 13.6. The average molecular weight is 379 g/mol. The highest BCUT2D eigenvalue weighted by molar-refractivity contribution is 14.1. The average Bonchev–Trinajstić information content (AvgIpc) is 2.41. The van der Waals surface area contributed by atoms with Crippen LogP contribution in [0, 0.1) is 15.4 Å². The van der Waals surface area contributed by atoms with Crippen LogP contribution in [0.4, 0.5) is 0 Å². The number of benzene rings is 1. The Kier molecular flexibility index (Phi) is 5.34. The van der Waals surface area contributed by atoms with Crippen LogP contribution in [-0.2, 0) is 0 Å². The summed E-state index contributed by atoms with van der Waals surface area (Å²) in [6.07, 6.45) is 5.77. The van der Waals surface area contributed by atoms with Gasteiger partial charge < -0.3 is 5.11 Å². The predicted octanol–water partition coefficient (Wildman–Crippen LogP) is 5.19. The summed E-state index contributed by atoms with van der Waals surface area (Å²) in [5.74, 6) is 1.06. The molecule has 0 bridgehead atoms. The van der Waals surface area contributed by atoms with Gasteiger partial charge in [0.2, 0.25) is 0 Å². The first-order valence-corrected chi connectivity index (χ1v) is 8.22. The van der Waals surface area contributed by atoms with Crippen molar-refractivity contribution in [1.82, 2.24) is 0 Å². The first-order valence-electron chi connectivity index (χ1n) is 6.76. The van der Waals surface area contributed by atoms with Gasteiger partial charge >= 0.3 is 0 Å². The van der Waals surface area contributed by atoms with Crippen LogP contribution >= 0.6 is 34.2 Å². The number of aliphatic hydroxyl groups excluding tert-OH is 1. The zero-order chi connectivity index (χ0) is 13.1. The first-order chi connectivity index (χ1) is 8.63. The molecule has 3 atom stereocenters. The van der Waals surface area contributed by atoms with Gasteiger partial charge in [0.05, 0.1) is 11.1 Å². The van der Waals surface area contributed by atoms with Crippen molar-refractivity contribution in [1.29, 1.82) is 0 Å². The van der Waals surface area contributed by atoms with E-state index in [0.29, 0.717) is 11.8 Å². The Bertz CT molecular complexity index is 407. The van der Waals surface area contributed by atoms with E-state index in [1.54, 1.807) is 0 Å². The molecule has 0 amide bonds. The van der Waals surface area contributed by atoms with Crippen molar-refractivity contribution in [3.63, 3.8) is 0 Å². The van der Waals surface area contributed by atoms with E-state index in [0.717, 1.165) is 20.6 Å². The van der Waals surface area contributed by atoms with E-state index in [4.69, 9.17) is 11.6 Å². The minimum Gasteiger partial charge on any atom is -0.388 e. The summed E-state index contributed by atoms with van der Waals surface area (Å²) in [7, 11) is 0. The van der Waals surface area contributed by atoms with Crippen LogP contribution in [0.25, 0.3) is 0 Å². The third-order valence-electron chi connectivity index (χ3n) is 4.18. The van der Waals surface area contributed by atoms with Crippen LogP contribution in [0.1, 0.15) is 50.7 Å². The maximum Gasteiger partial charge on any atom is 0.0821 e. The van der Waals surface area contributed by atoms with Crippen molar-refractivity contribution in [2.75, 3.05) is 0 Å². The predicted molar refractivity (Wildman–Crippen MR) is 84.9 cm³/mol. The van der Waals surface area contributed by atoms with E-state index in [1.807, 2.05) is 18.2 Å². The highest BCUT2D eigenvalue weighted by atomic mass is 127. The quantitative estimate of drug-likeness (QED) is 0.717. The van der Waals surface area contributed by atoms with Gasteiger partial charge in [-0.3, -0.25) is 0 Å². The Labute approximate surface area is 128 Å². The van der Waals surface area contributed by atoms with Gasteiger partial charge in [-0.1, -0.05) is 50.3 Å². The van der Waals surface area contributed by atoms with Crippen molar-refractivity contribution in [2.24, 2.45) is 11.8 Å². The summed E-state index contributed by atoms with van der Waals surface area (Å²) < 4.78 is 1.04. The SMILES string of the molecule is CCC1CCCCC1C(O)c1ccc(I)c(Cl)c1. The molecule has 0 heterocycles. The molecule has 1 fully saturated rings. The molecule has 0 saturated heterocycles. The summed E-state index contributed by atoms with van der Waals surface area (Å²) in [5.41, 5.74) is 0.978. The summed E-state index contributed by atoms with van der Waals surface area (Å²) in [6, 6.07) is 5.93. The van der Waals surface area contributed by atoms with Crippen molar-refractivity contribution >= 4 is 34.2 Å². The number of hydrogen-bond donors (Lipinski definition) is 1. The molecule has 0 radical (unpaired) electrons. The summed E-state index contributed by atoms with van der Waals surface area (Å²) in [6.45, 7) is 2.23. The molecule has 1 saturated carbocycles. The van der Waals surface area contributed by atoms with Crippen LogP contribution in [0.2, 0.25) is 5.02 Å². The fraction of sp³-hybridized carbons (Fsp3) is 0.600. The molecular weight excluding hydrogens is 359 g/mol. The van der Waals surface area contributed by atoms with Gasteiger partial charge in [-0.15, -0.1) is 0 Å². The van der Waals surface area contributed by atoms with E-state index in [1.165, 1.54) is 25.7 Å². The molecule has 0 aromatic heterocycles. The smallest absolute Gasteiger partial charge is 0.0821 e. The van der Waals surface area contributed by atoms with Crippen LogP contribution < -0.4 is 0 Å². The molecule has 3 unspecified atom stereocenters. The Morgan fingerprint density at radius 1 is 1.39 bits per heavy atom. The molecule has 1 aliphatic rings. The van der Waals surface area contributed by atoms with Gasteiger partial charge in [0.15, 0.2) is 0 Å². The Hall–Kier alpha value is 0.200. The standard InChI is InChI=1S/C15H20ClIO/c1-2-10-5-3-4-6-12(10)15(18)11-7-8-14(17)13(16)9-11/h7-10,12,15,18H,2-6H2,1H3. The Morgan fingerprint density at radius 2 is 2.11 bits per heavy atom. The van der Waals surface area contributed by atoms with Gasteiger partial charge in [0.25, 0.3) is 0 Å².